The average molecular weight is 262 g/mol. The average Bonchev–Trinajstić information content (AvgIpc) is 2.42. The number of esters is 2. The normalized spacial score (nSPS) is 9.42. The summed E-state index contributed by atoms with van der Waals surface area (Å²) >= 11 is 0. The van der Waals surface area contributed by atoms with Gasteiger partial charge in [0.15, 0.2) is 5.78 Å². The minimum atomic E-state index is -0.909. The first-order valence-corrected chi connectivity index (χ1v) is 5.49. The van der Waals surface area contributed by atoms with E-state index in [2.05, 4.69) is 9.47 Å². The monoisotopic (exact) mass is 262 g/mol. The molecule has 19 heavy (non-hydrogen) atoms. The van der Waals surface area contributed by atoms with Gasteiger partial charge in [0.2, 0.25) is 0 Å². The minimum Gasteiger partial charge on any atom is -0.465 e. The van der Waals surface area contributed by atoms with Gasteiger partial charge >= 0.3 is 11.9 Å². The van der Waals surface area contributed by atoms with Crippen molar-refractivity contribution in [2.24, 2.45) is 0 Å². The van der Waals surface area contributed by atoms with Gasteiger partial charge in [0.05, 0.1) is 14.2 Å². The quantitative estimate of drug-likeness (QED) is 0.270. The van der Waals surface area contributed by atoms with Crippen LogP contribution in [0.3, 0.4) is 0 Å². The lowest BCUT2D eigenvalue weighted by Crippen LogP contribution is -2.17. The molecular weight excluding hydrogens is 248 g/mol. The fraction of sp³-hybridized carbons (Fsp3) is 0.214. The summed E-state index contributed by atoms with van der Waals surface area (Å²) in [5.41, 5.74) is 0.846. The Hall–Kier alpha value is -2.43. The Morgan fingerprint density at radius 1 is 1.05 bits per heavy atom. The van der Waals surface area contributed by atoms with Gasteiger partial charge in [0.1, 0.15) is 5.57 Å². The Morgan fingerprint density at radius 2 is 1.63 bits per heavy atom. The van der Waals surface area contributed by atoms with E-state index in [9.17, 15) is 14.4 Å². The topological polar surface area (TPSA) is 69.7 Å². The number of carbonyl (C=O) groups excluding carboxylic acids is 3. The number of ketones is 1. The third-order valence-electron chi connectivity index (χ3n) is 2.39. The van der Waals surface area contributed by atoms with Crippen LogP contribution in [0.5, 0.6) is 0 Å². The number of methoxy groups -OCH3 is 2. The second-order valence-corrected chi connectivity index (χ2v) is 3.77. The number of ether oxygens (including phenoxy) is 2. The van der Waals surface area contributed by atoms with Crippen LogP contribution in [0.25, 0.3) is 0 Å². The Balaban J connectivity index is 3.12. The zero-order chi connectivity index (χ0) is 14.4. The molecule has 0 N–H and O–H groups in total. The van der Waals surface area contributed by atoms with Crippen LogP contribution in [0, 0.1) is 6.92 Å². The van der Waals surface area contributed by atoms with E-state index in [4.69, 9.17) is 0 Å². The molecule has 0 aromatic heterocycles. The largest absolute Gasteiger partial charge is 0.465 e. The molecule has 1 aromatic carbocycles. The standard InChI is InChI=1S/C14H14O5/c1-9-5-4-6-10(7-9)12(15)8-11(13(16)18-2)14(17)19-3/h4-8H,1-3H3. The maximum Gasteiger partial charge on any atom is 0.345 e. The highest BCUT2D eigenvalue weighted by molar-refractivity contribution is 6.20. The lowest BCUT2D eigenvalue weighted by molar-refractivity contribution is -0.144. The number of allylic oxidation sites excluding steroid dienone is 1. The van der Waals surface area contributed by atoms with Gasteiger partial charge in [0.25, 0.3) is 0 Å². The summed E-state index contributed by atoms with van der Waals surface area (Å²) in [4.78, 5) is 34.8. The van der Waals surface area contributed by atoms with Crippen molar-refractivity contribution in [1.82, 2.24) is 0 Å². The third-order valence-corrected chi connectivity index (χ3v) is 2.39. The van der Waals surface area contributed by atoms with E-state index in [1.165, 1.54) is 0 Å². The molecule has 1 rings (SSSR count). The second kappa shape index (κ2) is 6.49. The van der Waals surface area contributed by atoms with Crippen LogP contribution < -0.4 is 0 Å². The molecule has 0 saturated heterocycles. The summed E-state index contributed by atoms with van der Waals surface area (Å²) in [6.45, 7) is 1.84. The summed E-state index contributed by atoms with van der Waals surface area (Å²) in [5, 5.41) is 0. The highest BCUT2D eigenvalue weighted by atomic mass is 16.5. The molecule has 0 aliphatic heterocycles. The molecule has 0 heterocycles. The first-order valence-electron chi connectivity index (χ1n) is 5.49. The second-order valence-electron chi connectivity index (χ2n) is 3.77. The van der Waals surface area contributed by atoms with Crippen LogP contribution in [0.1, 0.15) is 15.9 Å². The Morgan fingerprint density at radius 3 is 2.11 bits per heavy atom. The summed E-state index contributed by atoms with van der Waals surface area (Å²) in [7, 11) is 2.24. The summed E-state index contributed by atoms with van der Waals surface area (Å²) in [5.74, 6) is -2.28. The van der Waals surface area contributed by atoms with Gasteiger partial charge in [0, 0.05) is 11.6 Å². The fourth-order valence-electron chi connectivity index (χ4n) is 1.43. The Bertz CT molecular complexity index is 525. The molecule has 0 aliphatic rings. The van der Waals surface area contributed by atoms with Crippen LogP contribution >= 0.6 is 0 Å². The summed E-state index contributed by atoms with van der Waals surface area (Å²) in [6.07, 6.45) is 0.923. The molecule has 5 heteroatoms. The SMILES string of the molecule is COC(=O)C(=CC(=O)c1cccc(C)c1)C(=O)OC. The lowest BCUT2D eigenvalue weighted by atomic mass is 10.1. The van der Waals surface area contributed by atoms with E-state index < -0.39 is 23.3 Å². The van der Waals surface area contributed by atoms with Crippen LogP contribution in [-0.4, -0.2) is 31.9 Å². The molecule has 0 amide bonds. The van der Waals surface area contributed by atoms with Crippen LogP contribution in [0.4, 0.5) is 0 Å². The van der Waals surface area contributed by atoms with Gasteiger partial charge in [-0.1, -0.05) is 23.8 Å². The first-order chi connectivity index (χ1) is 8.99. The molecule has 0 bridgehead atoms. The number of rotatable bonds is 4. The van der Waals surface area contributed by atoms with Crippen molar-refractivity contribution in [1.29, 1.82) is 0 Å². The first kappa shape index (κ1) is 14.6. The highest BCUT2D eigenvalue weighted by Gasteiger charge is 2.21. The zero-order valence-electron chi connectivity index (χ0n) is 10.9. The van der Waals surface area contributed by atoms with Crippen molar-refractivity contribution < 1.29 is 23.9 Å². The maximum atomic E-state index is 12.0. The van der Waals surface area contributed by atoms with Gasteiger partial charge in [-0.05, 0) is 13.0 Å². The minimum absolute atomic E-state index is 0.380. The van der Waals surface area contributed by atoms with Gasteiger partial charge < -0.3 is 9.47 Å². The number of carbonyl (C=O) groups is 3. The van der Waals surface area contributed by atoms with Gasteiger partial charge in [-0.2, -0.15) is 0 Å². The molecule has 5 nitrogen and oxygen atoms in total. The molecule has 0 saturated carbocycles. The molecule has 0 fully saturated rings. The smallest absolute Gasteiger partial charge is 0.345 e. The molecule has 0 unspecified atom stereocenters. The number of aryl methyl sites for hydroxylation is 1. The van der Waals surface area contributed by atoms with Crippen LogP contribution in [-0.2, 0) is 19.1 Å². The fourth-order valence-corrected chi connectivity index (χ4v) is 1.43. The predicted octanol–water partition coefficient (Wildman–Crippen LogP) is 1.45. The van der Waals surface area contributed by atoms with E-state index in [0.29, 0.717) is 5.56 Å². The van der Waals surface area contributed by atoms with E-state index >= 15 is 0 Å². The molecule has 0 spiro atoms. The van der Waals surface area contributed by atoms with E-state index in [1.807, 2.05) is 13.0 Å². The molecule has 0 radical (unpaired) electrons. The molecule has 1 aromatic rings. The molecule has 0 aliphatic carbocycles. The van der Waals surface area contributed by atoms with E-state index in [-0.39, 0.29) is 0 Å². The zero-order valence-corrected chi connectivity index (χ0v) is 10.9. The van der Waals surface area contributed by atoms with Crippen molar-refractivity contribution in [2.75, 3.05) is 14.2 Å². The van der Waals surface area contributed by atoms with Crippen LogP contribution in [0.2, 0.25) is 0 Å². The molecule has 0 atom stereocenters. The lowest BCUT2D eigenvalue weighted by Gasteiger charge is -2.03. The van der Waals surface area contributed by atoms with Crippen molar-refractivity contribution in [3.8, 4) is 0 Å². The van der Waals surface area contributed by atoms with Gasteiger partial charge in [-0.25, -0.2) is 9.59 Å². The van der Waals surface area contributed by atoms with Crippen molar-refractivity contribution in [3.63, 3.8) is 0 Å². The highest BCUT2D eigenvalue weighted by Crippen LogP contribution is 2.09. The maximum absolute atomic E-state index is 12.0. The van der Waals surface area contributed by atoms with Crippen molar-refractivity contribution in [3.05, 3.63) is 47.0 Å². The Kier molecular flexibility index (Phi) is 5.00. The molecule has 100 valence electrons. The van der Waals surface area contributed by atoms with E-state index in [0.717, 1.165) is 25.9 Å². The number of hydrogen-bond acceptors (Lipinski definition) is 5. The van der Waals surface area contributed by atoms with Crippen molar-refractivity contribution >= 4 is 17.7 Å². The van der Waals surface area contributed by atoms with E-state index in [1.54, 1.807) is 18.2 Å². The van der Waals surface area contributed by atoms with Crippen molar-refractivity contribution in [2.45, 2.75) is 6.92 Å². The van der Waals surface area contributed by atoms with Crippen LogP contribution in [0.15, 0.2) is 35.9 Å². The predicted molar refractivity (Wildman–Crippen MR) is 67.6 cm³/mol. The number of benzene rings is 1. The third kappa shape index (κ3) is 3.77. The van der Waals surface area contributed by atoms with Gasteiger partial charge in [-0.15, -0.1) is 0 Å². The summed E-state index contributed by atoms with van der Waals surface area (Å²) in [6, 6.07) is 6.80. The Labute approximate surface area is 110 Å². The van der Waals surface area contributed by atoms with Gasteiger partial charge in [-0.3, -0.25) is 4.79 Å². The summed E-state index contributed by atoms with van der Waals surface area (Å²) < 4.78 is 8.87. The number of hydrogen-bond donors (Lipinski definition) is 0. The molecular formula is C14H14O5.